The van der Waals surface area contributed by atoms with Gasteiger partial charge >= 0.3 is 0 Å². The predicted molar refractivity (Wildman–Crippen MR) is 87.4 cm³/mol. The number of halogens is 1. The average molecular weight is 342 g/mol. The Morgan fingerprint density at radius 1 is 1.40 bits per heavy atom. The van der Waals surface area contributed by atoms with Crippen LogP contribution in [0.3, 0.4) is 0 Å². The number of hydrogen-bond acceptors (Lipinski definition) is 5. The SMILES string of the molecule is CCCNc1ncc(Br)c(N2CCN(C)C(C)(C)C2)n1. The molecule has 1 fully saturated rings. The zero-order chi connectivity index (χ0) is 14.8. The first-order chi connectivity index (χ1) is 9.44. The quantitative estimate of drug-likeness (QED) is 0.911. The maximum atomic E-state index is 4.66. The Bertz CT molecular complexity index is 463. The lowest BCUT2D eigenvalue weighted by Gasteiger charge is -2.45. The zero-order valence-electron chi connectivity index (χ0n) is 12.8. The first-order valence-corrected chi connectivity index (χ1v) is 7.96. The summed E-state index contributed by atoms with van der Waals surface area (Å²) in [4.78, 5) is 13.7. The molecule has 0 aliphatic carbocycles. The molecule has 0 saturated carbocycles. The Morgan fingerprint density at radius 2 is 2.15 bits per heavy atom. The minimum Gasteiger partial charge on any atom is -0.354 e. The van der Waals surface area contributed by atoms with E-state index in [-0.39, 0.29) is 5.54 Å². The van der Waals surface area contributed by atoms with Gasteiger partial charge < -0.3 is 10.2 Å². The highest BCUT2D eigenvalue weighted by Crippen LogP contribution is 2.29. The van der Waals surface area contributed by atoms with Crippen LogP contribution in [0.5, 0.6) is 0 Å². The van der Waals surface area contributed by atoms with Gasteiger partial charge in [-0.2, -0.15) is 4.98 Å². The van der Waals surface area contributed by atoms with Crippen LogP contribution in [-0.4, -0.2) is 53.6 Å². The fraction of sp³-hybridized carbons (Fsp3) is 0.714. The van der Waals surface area contributed by atoms with Crippen LogP contribution in [-0.2, 0) is 0 Å². The van der Waals surface area contributed by atoms with Crippen LogP contribution in [0.25, 0.3) is 0 Å². The Hall–Kier alpha value is -0.880. The van der Waals surface area contributed by atoms with Crippen molar-refractivity contribution in [3.05, 3.63) is 10.7 Å². The normalized spacial score (nSPS) is 19.1. The first kappa shape index (κ1) is 15.5. The summed E-state index contributed by atoms with van der Waals surface area (Å²) in [6.07, 6.45) is 2.90. The maximum absolute atomic E-state index is 4.66. The van der Waals surface area contributed by atoms with Gasteiger partial charge in [0.05, 0.1) is 4.47 Å². The summed E-state index contributed by atoms with van der Waals surface area (Å²) in [5.74, 6) is 1.70. The molecule has 1 aliphatic heterocycles. The third-order valence-electron chi connectivity index (χ3n) is 3.87. The number of nitrogens with one attached hydrogen (secondary N) is 1. The fourth-order valence-electron chi connectivity index (χ4n) is 2.32. The molecular weight excluding hydrogens is 318 g/mol. The molecule has 0 unspecified atom stereocenters. The standard InChI is InChI=1S/C14H24BrN5/c1-5-6-16-13-17-9-11(15)12(18-13)20-8-7-19(4)14(2,3)10-20/h9H,5-8,10H2,1-4H3,(H,16,17,18). The van der Waals surface area contributed by atoms with Crippen molar-refractivity contribution in [3.63, 3.8) is 0 Å². The van der Waals surface area contributed by atoms with Gasteiger partial charge in [0.2, 0.25) is 5.95 Å². The van der Waals surface area contributed by atoms with E-state index in [2.05, 4.69) is 68.8 Å². The van der Waals surface area contributed by atoms with Crippen LogP contribution in [0.4, 0.5) is 11.8 Å². The van der Waals surface area contributed by atoms with E-state index < -0.39 is 0 Å². The number of likely N-dealkylation sites (N-methyl/N-ethyl adjacent to an activating group) is 1. The molecule has 20 heavy (non-hydrogen) atoms. The first-order valence-electron chi connectivity index (χ1n) is 7.16. The van der Waals surface area contributed by atoms with Crippen LogP contribution in [0.2, 0.25) is 0 Å². The molecule has 0 bridgehead atoms. The van der Waals surface area contributed by atoms with Crippen LogP contribution < -0.4 is 10.2 Å². The Balaban J connectivity index is 2.19. The number of aromatic nitrogens is 2. The van der Waals surface area contributed by atoms with E-state index in [1.165, 1.54) is 0 Å². The van der Waals surface area contributed by atoms with E-state index in [0.717, 1.165) is 42.9 Å². The van der Waals surface area contributed by atoms with E-state index in [0.29, 0.717) is 5.95 Å². The summed E-state index contributed by atoms with van der Waals surface area (Å²) in [5, 5.41) is 3.25. The molecule has 2 heterocycles. The molecule has 6 heteroatoms. The summed E-state index contributed by atoms with van der Waals surface area (Å²) in [5.41, 5.74) is 0.152. The van der Waals surface area contributed by atoms with Gasteiger partial charge in [0.15, 0.2) is 0 Å². The van der Waals surface area contributed by atoms with E-state index in [4.69, 9.17) is 0 Å². The molecule has 1 N–H and O–H groups in total. The van der Waals surface area contributed by atoms with E-state index in [1.807, 2.05) is 6.20 Å². The van der Waals surface area contributed by atoms with Gasteiger partial charge in [-0.3, -0.25) is 4.90 Å². The van der Waals surface area contributed by atoms with E-state index in [1.54, 1.807) is 0 Å². The molecular formula is C14H24BrN5. The molecule has 1 aliphatic rings. The summed E-state index contributed by atoms with van der Waals surface area (Å²) < 4.78 is 0.958. The number of hydrogen-bond donors (Lipinski definition) is 1. The number of piperazine rings is 1. The van der Waals surface area contributed by atoms with Crippen molar-refractivity contribution in [1.29, 1.82) is 0 Å². The monoisotopic (exact) mass is 341 g/mol. The van der Waals surface area contributed by atoms with Crippen molar-refractivity contribution in [1.82, 2.24) is 14.9 Å². The average Bonchev–Trinajstić information content (AvgIpc) is 2.41. The Labute approximate surface area is 129 Å². The van der Waals surface area contributed by atoms with E-state index in [9.17, 15) is 0 Å². The summed E-state index contributed by atoms with van der Waals surface area (Å²) in [7, 11) is 2.18. The third-order valence-corrected chi connectivity index (χ3v) is 4.43. The lowest BCUT2D eigenvalue weighted by molar-refractivity contribution is 0.138. The predicted octanol–water partition coefficient (Wildman–Crippen LogP) is 2.59. The molecule has 5 nitrogen and oxygen atoms in total. The van der Waals surface area contributed by atoms with Crippen molar-refractivity contribution >= 4 is 27.7 Å². The number of rotatable bonds is 4. The number of anilines is 2. The molecule has 1 saturated heterocycles. The maximum Gasteiger partial charge on any atom is 0.224 e. The molecule has 0 atom stereocenters. The smallest absolute Gasteiger partial charge is 0.224 e. The third kappa shape index (κ3) is 3.41. The molecule has 0 aromatic carbocycles. The second-order valence-corrected chi connectivity index (χ2v) is 6.80. The number of nitrogens with zero attached hydrogens (tertiary/aromatic N) is 4. The molecule has 2 rings (SSSR count). The highest BCUT2D eigenvalue weighted by molar-refractivity contribution is 9.10. The minimum absolute atomic E-state index is 0.152. The largest absolute Gasteiger partial charge is 0.354 e. The second-order valence-electron chi connectivity index (χ2n) is 5.95. The van der Waals surface area contributed by atoms with Gasteiger partial charge in [-0.05, 0) is 43.2 Å². The zero-order valence-corrected chi connectivity index (χ0v) is 14.4. The van der Waals surface area contributed by atoms with Gasteiger partial charge in [-0.15, -0.1) is 0 Å². The fourth-order valence-corrected chi connectivity index (χ4v) is 2.76. The van der Waals surface area contributed by atoms with Gasteiger partial charge in [-0.25, -0.2) is 4.98 Å². The summed E-state index contributed by atoms with van der Waals surface area (Å²) in [6, 6.07) is 0. The summed E-state index contributed by atoms with van der Waals surface area (Å²) in [6.45, 7) is 10.6. The van der Waals surface area contributed by atoms with Crippen molar-refractivity contribution in [2.45, 2.75) is 32.7 Å². The van der Waals surface area contributed by atoms with Gasteiger partial charge in [0, 0.05) is 37.9 Å². The topological polar surface area (TPSA) is 44.3 Å². The molecule has 0 amide bonds. The van der Waals surface area contributed by atoms with Crippen LogP contribution in [0, 0.1) is 0 Å². The molecule has 0 radical (unpaired) electrons. The minimum atomic E-state index is 0.152. The Morgan fingerprint density at radius 3 is 2.80 bits per heavy atom. The molecule has 1 aromatic heterocycles. The van der Waals surface area contributed by atoms with Gasteiger partial charge in [0.1, 0.15) is 5.82 Å². The lowest BCUT2D eigenvalue weighted by atomic mass is 10.00. The van der Waals surface area contributed by atoms with Crippen molar-refractivity contribution in [2.24, 2.45) is 0 Å². The summed E-state index contributed by atoms with van der Waals surface area (Å²) >= 11 is 3.58. The van der Waals surface area contributed by atoms with Crippen molar-refractivity contribution in [3.8, 4) is 0 Å². The molecule has 1 aromatic rings. The van der Waals surface area contributed by atoms with Crippen molar-refractivity contribution < 1.29 is 0 Å². The van der Waals surface area contributed by atoms with Crippen molar-refractivity contribution in [2.75, 3.05) is 43.4 Å². The van der Waals surface area contributed by atoms with Crippen LogP contribution in [0.1, 0.15) is 27.2 Å². The second kappa shape index (κ2) is 6.26. The van der Waals surface area contributed by atoms with E-state index >= 15 is 0 Å². The molecule has 0 spiro atoms. The highest BCUT2D eigenvalue weighted by atomic mass is 79.9. The molecule has 112 valence electrons. The highest BCUT2D eigenvalue weighted by Gasteiger charge is 2.32. The lowest BCUT2D eigenvalue weighted by Crippen LogP contribution is -2.58. The Kier molecular flexibility index (Phi) is 4.86. The van der Waals surface area contributed by atoms with Gasteiger partial charge in [-0.1, -0.05) is 6.92 Å². The van der Waals surface area contributed by atoms with Gasteiger partial charge in [0.25, 0.3) is 0 Å². The van der Waals surface area contributed by atoms with Crippen LogP contribution >= 0.6 is 15.9 Å². The van der Waals surface area contributed by atoms with Crippen LogP contribution in [0.15, 0.2) is 10.7 Å².